The molecule has 0 bridgehead atoms. The Hall–Kier alpha value is -1.41. The fourth-order valence-corrected chi connectivity index (χ4v) is 1.60. The van der Waals surface area contributed by atoms with Gasteiger partial charge < -0.3 is 0 Å². The van der Waals surface area contributed by atoms with Crippen LogP contribution >= 0.6 is 11.6 Å². The second-order valence-electron chi connectivity index (χ2n) is 3.21. The van der Waals surface area contributed by atoms with Crippen LogP contribution in [0.25, 0.3) is 11.3 Å². The Labute approximate surface area is 94.0 Å². The molecule has 1 heterocycles. The van der Waals surface area contributed by atoms with Gasteiger partial charge >= 0.3 is 0 Å². The number of hydrogen-bond acceptors (Lipinski definition) is 2. The van der Waals surface area contributed by atoms with Crippen molar-refractivity contribution in [2.75, 3.05) is 0 Å². The Morgan fingerprint density at radius 3 is 2.40 bits per heavy atom. The van der Waals surface area contributed by atoms with Gasteiger partial charge in [-0.2, -0.15) is 0 Å². The van der Waals surface area contributed by atoms with Gasteiger partial charge in [0.1, 0.15) is 0 Å². The van der Waals surface area contributed by atoms with Crippen LogP contribution in [0.3, 0.4) is 0 Å². The number of hydrogen-bond donors (Lipinski definition) is 0. The third-order valence-electron chi connectivity index (χ3n) is 2.23. The van der Waals surface area contributed by atoms with Crippen LogP contribution in [0.4, 0.5) is 0 Å². The van der Waals surface area contributed by atoms with Crippen molar-refractivity contribution < 1.29 is 0 Å². The molecule has 0 aliphatic heterocycles. The highest BCUT2D eigenvalue weighted by Gasteiger charge is 2.05. The SMILES string of the molecule is CCc1nccnc1-c1ccc(Cl)cc1. The normalized spacial score (nSPS) is 10.3. The smallest absolute Gasteiger partial charge is 0.0917 e. The molecule has 2 aromatic rings. The van der Waals surface area contributed by atoms with Gasteiger partial charge in [0.05, 0.1) is 11.4 Å². The minimum Gasteiger partial charge on any atom is -0.257 e. The van der Waals surface area contributed by atoms with E-state index >= 15 is 0 Å². The maximum Gasteiger partial charge on any atom is 0.0917 e. The van der Waals surface area contributed by atoms with Gasteiger partial charge in [-0.3, -0.25) is 9.97 Å². The first-order valence-electron chi connectivity index (χ1n) is 4.87. The van der Waals surface area contributed by atoms with E-state index in [0.717, 1.165) is 28.4 Å². The summed E-state index contributed by atoms with van der Waals surface area (Å²) in [7, 11) is 0. The maximum atomic E-state index is 5.84. The molecule has 0 aliphatic rings. The van der Waals surface area contributed by atoms with Gasteiger partial charge in [-0.25, -0.2) is 0 Å². The zero-order chi connectivity index (χ0) is 10.7. The number of nitrogens with zero attached hydrogens (tertiary/aromatic N) is 2. The van der Waals surface area contributed by atoms with Gasteiger partial charge in [0.25, 0.3) is 0 Å². The third kappa shape index (κ3) is 2.16. The van der Waals surface area contributed by atoms with E-state index in [1.807, 2.05) is 24.3 Å². The van der Waals surface area contributed by atoms with Crippen LogP contribution in [0.1, 0.15) is 12.6 Å². The third-order valence-corrected chi connectivity index (χ3v) is 2.48. The van der Waals surface area contributed by atoms with Crippen LogP contribution in [0.15, 0.2) is 36.7 Å². The first-order chi connectivity index (χ1) is 7.31. The molecule has 0 N–H and O–H groups in total. The topological polar surface area (TPSA) is 25.8 Å². The van der Waals surface area contributed by atoms with Crippen molar-refractivity contribution in [3.63, 3.8) is 0 Å². The van der Waals surface area contributed by atoms with E-state index in [1.54, 1.807) is 12.4 Å². The molecule has 1 aromatic carbocycles. The van der Waals surface area contributed by atoms with Gasteiger partial charge in [-0.05, 0) is 18.6 Å². The van der Waals surface area contributed by atoms with Gasteiger partial charge in [0, 0.05) is 23.0 Å². The number of halogens is 1. The van der Waals surface area contributed by atoms with Crippen LogP contribution in [0, 0.1) is 0 Å². The number of benzene rings is 1. The molecule has 3 heteroatoms. The first kappa shape index (κ1) is 10.1. The first-order valence-corrected chi connectivity index (χ1v) is 5.25. The lowest BCUT2D eigenvalue weighted by Gasteiger charge is -2.05. The molecule has 0 aliphatic carbocycles. The second-order valence-corrected chi connectivity index (χ2v) is 3.65. The molecule has 0 radical (unpaired) electrons. The van der Waals surface area contributed by atoms with E-state index in [1.165, 1.54) is 0 Å². The monoisotopic (exact) mass is 218 g/mol. The zero-order valence-electron chi connectivity index (χ0n) is 8.44. The van der Waals surface area contributed by atoms with Crippen molar-refractivity contribution in [1.29, 1.82) is 0 Å². The highest BCUT2D eigenvalue weighted by atomic mass is 35.5. The van der Waals surface area contributed by atoms with E-state index in [2.05, 4.69) is 16.9 Å². The second kappa shape index (κ2) is 4.41. The fraction of sp³-hybridized carbons (Fsp3) is 0.167. The summed E-state index contributed by atoms with van der Waals surface area (Å²) in [6.07, 6.45) is 4.31. The molecule has 0 amide bonds. The number of aromatic nitrogens is 2. The molecule has 1 aromatic heterocycles. The molecular weight excluding hydrogens is 208 g/mol. The summed E-state index contributed by atoms with van der Waals surface area (Å²) in [5.74, 6) is 0. The van der Waals surface area contributed by atoms with Crippen molar-refractivity contribution in [1.82, 2.24) is 9.97 Å². The van der Waals surface area contributed by atoms with Crippen molar-refractivity contribution >= 4 is 11.6 Å². The minimum atomic E-state index is 0.737. The van der Waals surface area contributed by atoms with Crippen molar-refractivity contribution in [3.05, 3.63) is 47.4 Å². The van der Waals surface area contributed by atoms with Gasteiger partial charge in [-0.15, -0.1) is 0 Å². The standard InChI is InChI=1S/C12H11ClN2/c1-2-11-12(15-8-7-14-11)9-3-5-10(13)6-4-9/h3-8H,2H2,1H3. The van der Waals surface area contributed by atoms with E-state index in [0.29, 0.717) is 0 Å². The molecule has 0 atom stereocenters. The molecule has 0 spiro atoms. The quantitative estimate of drug-likeness (QED) is 0.773. The van der Waals surface area contributed by atoms with Crippen molar-refractivity contribution in [3.8, 4) is 11.3 Å². The summed E-state index contributed by atoms with van der Waals surface area (Å²) in [5, 5.41) is 0.737. The van der Waals surface area contributed by atoms with Crippen LogP contribution < -0.4 is 0 Å². The molecule has 0 saturated carbocycles. The average molecular weight is 219 g/mol. The van der Waals surface area contributed by atoms with Gasteiger partial charge in [-0.1, -0.05) is 30.7 Å². The summed E-state index contributed by atoms with van der Waals surface area (Å²) >= 11 is 5.84. The predicted octanol–water partition coefficient (Wildman–Crippen LogP) is 3.36. The highest BCUT2D eigenvalue weighted by Crippen LogP contribution is 2.21. The van der Waals surface area contributed by atoms with Crippen LogP contribution in [0.5, 0.6) is 0 Å². The molecule has 0 unspecified atom stereocenters. The molecule has 2 rings (SSSR count). The van der Waals surface area contributed by atoms with Crippen LogP contribution in [-0.4, -0.2) is 9.97 Å². The van der Waals surface area contributed by atoms with E-state index in [-0.39, 0.29) is 0 Å². The molecule has 0 fully saturated rings. The average Bonchev–Trinajstić information content (AvgIpc) is 2.30. The summed E-state index contributed by atoms with van der Waals surface area (Å²) in [4.78, 5) is 8.64. The number of aryl methyl sites for hydroxylation is 1. The predicted molar refractivity (Wildman–Crippen MR) is 61.9 cm³/mol. The minimum absolute atomic E-state index is 0.737. The van der Waals surface area contributed by atoms with Gasteiger partial charge in [0.2, 0.25) is 0 Å². The zero-order valence-corrected chi connectivity index (χ0v) is 9.20. The highest BCUT2D eigenvalue weighted by molar-refractivity contribution is 6.30. The van der Waals surface area contributed by atoms with Crippen LogP contribution in [-0.2, 0) is 6.42 Å². The Morgan fingerprint density at radius 2 is 1.73 bits per heavy atom. The lowest BCUT2D eigenvalue weighted by Crippen LogP contribution is -1.94. The van der Waals surface area contributed by atoms with Crippen molar-refractivity contribution in [2.45, 2.75) is 13.3 Å². The summed E-state index contributed by atoms with van der Waals surface area (Å²) in [6.45, 7) is 2.07. The molecular formula is C12H11ClN2. The van der Waals surface area contributed by atoms with Crippen molar-refractivity contribution in [2.24, 2.45) is 0 Å². The summed E-state index contributed by atoms with van der Waals surface area (Å²) in [6, 6.07) is 7.66. The van der Waals surface area contributed by atoms with Crippen LogP contribution in [0.2, 0.25) is 5.02 Å². The number of rotatable bonds is 2. The molecule has 0 saturated heterocycles. The Morgan fingerprint density at radius 1 is 1.07 bits per heavy atom. The molecule has 76 valence electrons. The summed E-state index contributed by atoms with van der Waals surface area (Å²) in [5.41, 5.74) is 3.01. The lowest BCUT2D eigenvalue weighted by molar-refractivity contribution is 1.01. The fourth-order valence-electron chi connectivity index (χ4n) is 1.47. The molecule has 15 heavy (non-hydrogen) atoms. The van der Waals surface area contributed by atoms with E-state index in [9.17, 15) is 0 Å². The molecule has 2 nitrogen and oxygen atoms in total. The van der Waals surface area contributed by atoms with E-state index < -0.39 is 0 Å². The Bertz CT molecular complexity index is 451. The van der Waals surface area contributed by atoms with Gasteiger partial charge in [0.15, 0.2) is 0 Å². The maximum absolute atomic E-state index is 5.84. The Kier molecular flexibility index (Phi) is 2.97. The lowest BCUT2D eigenvalue weighted by atomic mass is 10.1. The summed E-state index contributed by atoms with van der Waals surface area (Å²) < 4.78 is 0. The Balaban J connectivity index is 2.49. The van der Waals surface area contributed by atoms with E-state index in [4.69, 9.17) is 11.6 Å². The largest absolute Gasteiger partial charge is 0.257 e.